The van der Waals surface area contributed by atoms with E-state index in [4.69, 9.17) is 0 Å². The van der Waals surface area contributed by atoms with E-state index in [9.17, 15) is 8.42 Å². The predicted octanol–water partition coefficient (Wildman–Crippen LogP) is 2.31. The zero-order valence-electron chi connectivity index (χ0n) is 14.9. The van der Waals surface area contributed by atoms with Gasteiger partial charge >= 0.3 is 0 Å². The van der Waals surface area contributed by atoms with Gasteiger partial charge in [-0.1, -0.05) is 36.4 Å². The van der Waals surface area contributed by atoms with Crippen LogP contribution >= 0.6 is 0 Å². The minimum Gasteiger partial charge on any atom is -0.356 e. The quantitative estimate of drug-likeness (QED) is 0.613. The van der Waals surface area contributed by atoms with Crippen LogP contribution in [0, 0.1) is 6.92 Å². The maximum Gasteiger partial charge on any atom is 0.191 e. The summed E-state index contributed by atoms with van der Waals surface area (Å²) in [7, 11) is -1.40. The van der Waals surface area contributed by atoms with Crippen molar-refractivity contribution in [1.29, 1.82) is 0 Å². The Morgan fingerprint density at radius 1 is 1.04 bits per heavy atom. The van der Waals surface area contributed by atoms with Crippen LogP contribution in [0.5, 0.6) is 0 Å². The van der Waals surface area contributed by atoms with Gasteiger partial charge in [0.15, 0.2) is 15.8 Å². The maximum atomic E-state index is 11.5. The molecule has 134 valence electrons. The van der Waals surface area contributed by atoms with E-state index in [2.05, 4.69) is 34.7 Å². The van der Waals surface area contributed by atoms with Crippen molar-refractivity contribution >= 4 is 15.8 Å². The molecule has 0 spiro atoms. The monoisotopic (exact) mass is 359 g/mol. The van der Waals surface area contributed by atoms with Crippen LogP contribution in [0.4, 0.5) is 0 Å². The van der Waals surface area contributed by atoms with Crippen molar-refractivity contribution in [3.63, 3.8) is 0 Å². The van der Waals surface area contributed by atoms with E-state index < -0.39 is 9.84 Å². The van der Waals surface area contributed by atoms with Crippen LogP contribution in [-0.2, 0) is 22.8 Å². The van der Waals surface area contributed by atoms with Crippen LogP contribution in [0.3, 0.4) is 0 Å². The molecule has 25 heavy (non-hydrogen) atoms. The highest BCUT2D eigenvalue weighted by Gasteiger charge is 2.06. The number of aliphatic imine (C=N–C) groups is 1. The summed E-state index contributed by atoms with van der Waals surface area (Å²) in [6.07, 6.45) is 2.00. The zero-order valence-corrected chi connectivity index (χ0v) is 15.7. The van der Waals surface area contributed by atoms with Crippen LogP contribution in [0.2, 0.25) is 0 Å². The van der Waals surface area contributed by atoms with Crippen molar-refractivity contribution in [3.05, 3.63) is 65.2 Å². The molecule has 0 saturated heterocycles. The molecule has 2 N–H and O–H groups in total. The molecule has 0 bridgehead atoms. The van der Waals surface area contributed by atoms with E-state index in [1.165, 1.54) is 17.4 Å². The first-order valence-electron chi connectivity index (χ1n) is 8.18. The van der Waals surface area contributed by atoms with Gasteiger partial charge in [-0.25, -0.2) is 8.42 Å². The lowest BCUT2D eigenvalue weighted by atomic mass is 10.1. The Morgan fingerprint density at radius 2 is 1.72 bits per heavy atom. The van der Waals surface area contributed by atoms with Crippen molar-refractivity contribution in [1.82, 2.24) is 10.6 Å². The van der Waals surface area contributed by atoms with Gasteiger partial charge < -0.3 is 10.6 Å². The fourth-order valence-electron chi connectivity index (χ4n) is 2.44. The molecule has 0 amide bonds. The first kappa shape index (κ1) is 19.0. The third kappa shape index (κ3) is 5.90. The Balaban J connectivity index is 1.82. The van der Waals surface area contributed by atoms with Crippen LogP contribution in [0.25, 0.3) is 0 Å². The van der Waals surface area contributed by atoms with Gasteiger partial charge in [-0.2, -0.15) is 0 Å². The molecule has 5 nitrogen and oxygen atoms in total. The number of benzene rings is 2. The van der Waals surface area contributed by atoms with Crippen molar-refractivity contribution in [2.75, 3.05) is 19.8 Å². The van der Waals surface area contributed by atoms with E-state index in [0.29, 0.717) is 11.4 Å². The Labute approximate surface area is 150 Å². The van der Waals surface area contributed by atoms with Crippen LogP contribution < -0.4 is 10.6 Å². The summed E-state index contributed by atoms with van der Waals surface area (Å²) in [5.41, 5.74) is 3.56. The summed E-state index contributed by atoms with van der Waals surface area (Å²) < 4.78 is 22.9. The van der Waals surface area contributed by atoms with Crippen molar-refractivity contribution in [3.8, 4) is 0 Å². The van der Waals surface area contributed by atoms with E-state index in [-0.39, 0.29) is 0 Å². The average Bonchev–Trinajstić information content (AvgIpc) is 2.59. The Morgan fingerprint density at radius 3 is 2.32 bits per heavy atom. The minimum absolute atomic E-state index is 0.347. The Kier molecular flexibility index (Phi) is 6.58. The molecule has 0 heterocycles. The van der Waals surface area contributed by atoms with Gasteiger partial charge in [0.1, 0.15) is 0 Å². The summed E-state index contributed by atoms with van der Waals surface area (Å²) in [4.78, 5) is 4.57. The third-order valence-corrected chi connectivity index (χ3v) is 5.12. The minimum atomic E-state index is -3.14. The Bertz CT molecular complexity index is 828. The van der Waals surface area contributed by atoms with Gasteiger partial charge in [0.05, 0.1) is 4.90 Å². The van der Waals surface area contributed by atoms with Gasteiger partial charge in [-0.15, -0.1) is 0 Å². The maximum absolute atomic E-state index is 11.5. The van der Waals surface area contributed by atoms with Gasteiger partial charge in [0, 0.05) is 26.4 Å². The second-order valence-electron chi connectivity index (χ2n) is 5.95. The van der Waals surface area contributed by atoms with E-state index in [1.54, 1.807) is 19.2 Å². The van der Waals surface area contributed by atoms with Gasteiger partial charge in [0.25, 0.3) is 0 Å². The van der Waals surface area contributed by atoms with E-state index in [0.717, 1.165) is 24.5 Å². The first-order chi connectivity index (χ1) is 11.9. The smallest absolute Gasteiger partial charge is 0.191 e. The molecular weight excluding hydrogens is 334 g/mol. The summed E-state index contributed by atoms with van der Waals surface area (Å²) in [5.74, 6) is 0.746. The predicted molar refractivity (Wildman–Crippen MR) is 103 cm³/mol. The summed E-state index contributed by atoms with van der Waals surface area (Å²) >= 11 is 0. The van der Waals surface area contributed by atoms with Gasteiger partial charge in [0.2, 0.25) is 0 Å². The molecule has 6 heteroatoms. The highest BCUT2D eigenvalue weighted by atomic mass is 32.2. The number of guanidine groups is 1. The molecule has 0 atom stereocenters. The van der Waals surface area contributed by atoms with E-state index >= 15 is 0 Å². The highest BCUT2D eigenvalue weighted by molar-refractivity contribution is 7.90. The van der Waals surface area contributed by atoms with Gasteiger partial charge in [-0.3, -0.25) is 4.99 Å². The molecule has 2 aromatic carbocycles. The number of rotatable bonds is 6. The molecule has 0 aromatic heterocycles. The molecule has 0 radical (unpaired) electrons. The molecule has 0 aliphatic rings. The number of sulfone groups is 1. The largest absolute Gasteiger partial charge is 0.356 e. The van der Waals surface area contributed by atoms with E-state index in [1.807, 2.05) is 24.3 Å². The third-order valence-electron chi connectivity index (χ3n) is 3.99. The number of hydrogen-bond acceptors (Lipinski definition) is 3. The highest BCUT2D eigenvalue weighted by Crippen LogP contribution is 2.10. The lowest BCUT2D eigenvalue weighted by Gasteiger charge is -2.13. The summed E-state index contributed by atoms with van der Waals surface area (Å²) in [6.45, 7) is 3.52. The lowest BCUT2D eigenvalue weighted by molar-refractivity contribution is 0.602. The Hall–Kier alpha value is -2.34. The van der Waals surface area contributed by atoms with Gasteiger partial charge in [-0.05, 0) is 42.2 Å². The van der Waals surface area contributed by atoms with Crippen molar-refractivity contribution in [2.45, 2.75) is 24.8 Å². The van der Waals surface area contributed by atoms with Crippen molar-refractivity contribution < 1.29 is 8.42 Å². The van der Waals surface area contributed by atoms with Crippen molar-refractivity contribution in [2.24, 2.45) is 4.99 Å². The van der Waals surface area contributed by atoms with Crippen LogP contribution in [0.1, 0.15) is 16.7 Å². The molecule has 0 fully saturated rings. The molecular formula is C19H25N3O2S. The molecule has 0 aliphatic heterocycles. The fraction of sp³-hybridized carbons (Fsp3) is 0.316. The lowest BCUT2D eigenvalue weighted by Crippen LogP contribution is -2.38. The molecule has 0 unspecified atom stereocenters. The van der Waals surface area contributed by atoms with Crippen LogP contribution in [0.15, 0.2) is 58.4 Å². The number of nitrogens with one attached hydrogen (secondary N) is 2. The molecule has 0 aliphatic carbocycles. The van der Waals surface area contributed by atoms with Crippen LogP contribution in [-0.4, -0.2) is 34.2 Å². The normalized spacial score (nSPS) is 12.0. The fourth-order valence-corrected chi connectivity index (χ4v) is 3.07. The molecule has 2 aromatic rings. The number of aryl methyl sites for hydroxylation is 1. The topological polar surface area (TPSA) is 70.6 Å². The number of nitrogens with zero attached hydrogens (tertiary/aromatic N) is 1. The average molecular weight is 359 g/mol. The first-order valence-corrected chi connectivity index (χ1v) is 10.1. The standard InChI is InChI=1S/C19H25N3O2S/c1-15-6-4-5-7-17(15)14-22-19(20-2)21-13-12-16-8-10-18(11-9-16)25(3,23)24/h4-11H,12-14H2,1-3H3,(H2,20,21,22). The SMILES string of the molecule is CN=C(NCCc1ccc(S(C)(=O)=O)cc1)NCc1ccccc1C. The second-order valence-corrected chi connectivity index (χ2v) is 7.96. The summed E-state index contributed by atoms with van der Waals surface area (Å²) in [5, 5.41) is 6.57. The zero-order chi connectivity index (χ0) is 18.3. The second kappa shape index (κ2) is 8.67. The molecule has 0 saturated carbocycles. The number of hydrogen-bond donors (Lipinski definition) is 2. The molecule has 2 rings (SSSR count). The summed E-state index contributed by atoms with van der Waals surface area (Å²) in [6, 6.07) is 15.2.